The van der Waals surface area contributed by atoms with Gasteiger partial charge in [0, 0.05) is 12.1 Å². The Bertz CT molecular complexity index is 1420. The van der Waals surface area contributed by atoms with Crippen molar-refractivity contribution < 1.29 is 4.52 Å². The second-order valence-electron chi connectivity index (χ2n) is 6.51. The summed E-state index contributed by atoms with van der Waals surface area (Å²) in [5, 5.41) is 13.9. The fourth-order valence-electron chi connectivity index (χ4n) is 3.26. The van der Waals surface area contributed by atoms with Crippen molar-refractivity contribution in [3.05, 3.63) is 83.4 Å². The number of para-hydroxylation sites is 1. The van der Waals surface area contributed by atoms with Crippen LogP contribution in [0.15, 0.2) is 81.7 Å². The van der Waals surface area contributed by atoms with E-state index in [1.54, 1.807) is 16.7 Å². The molecule has 0 saturated heterocycles. The molecule has 3 aromatic heterocycles. The highest BCUT2D eigenvalue weighted by Gasteiger charge is 2.17. The Kier molecular flexibility index (Phi) is 4.64. The summed E-state index contributed by atoms with van der Waals surface area (Å²) in [6.07, 6.45) is 1.67. The lowest BCUT2D eigenvalue weighted by Crippen LogP contribution is -2.22. The van der Waals surface area contributed by atoms with Crippen LogP contribution in [0, 0.1) is 0 Å². The molecule has 0 radical (unpaired) electrons. The highest BCUT2D eigenvalue weighted by Crippen LogP contribution is 2.25. The first-order chi connectivity index (χ1) is 14.8. The molecule has 0 aliphatic carbocycles. The largest absolute Gasteiger partial charge is 0.334 e. The number of rotatable bonds is 6. The maximum atomic E-state index is 12.9. The zero-order valence-electron chi connectivity index (χ0n) is 15.8. The van der Waals surface area contributed by atoms with Crippen molar-refractivity contribution in [1.82, 2.24) is 29.3 Å². The van der Waals surface area contributed by atoms with Crippen molar-refractivity contribution in [2.75, 3.05) is 0 Å². The quantitative estimate of drug-likeness (QED) is 0.309. The van der Waals surface area contributed by atoms with Crippen LogP contribution in [0.3, 0.4) is 0 Å². The van der Waals surface area contributed by atoms with Crippen molar-refractivity contribution in [3.8, 4) is 11.5 Å². The monoisotopic (exact) mass is 416 g/mol. The zero-order chi connectivity index (χ0) is 20.5. The van der Waals surface area contributed by atoms with Crippen LogP contribution >= 0.6 is 11.8 Å². The lowest BCUT2D eigenvalue weighted by atomic mass is 10.2. The smallest absolute Gasteiger partial charge is 0.263 e. The van der Waals surface area contributed by atoms with Gasteiger partial charge in [0.2, 0.25) is 5.78 Å². The van der Waals surface area contributed by atoms with Crippen molar-refractivity contribution >= 4 is 28.4 Å². The molecule has 0 aliphatic heterocycles. The summed E-state index contributed by atoms with van der Waals surface area (Å²) in [5.41, 5.74) is 1.50. The summed E-state index contributed by atoms with van der Waals surface area (Å²) in [7, 11) is 0. The first kappa shape index (κ1) is 18.3. The molecule has 3 heterocycles. The van der Waals surface area contributed by atoms with Gasteiger partial charge in [0.15, 0.2) is 11.0 Å². The normalized spacial score (nSPS) is 11.3. The van der Waals surface area contributed by atoms with Gasteiger partial charge in [-0.15, -0.1) is 16.8 Å². The minimum absolute atomic E-state index is 0.118. The van der Waals surface area contributed by atoms with Gasteiger partial charge in [-0.1, -0.05) is 53.3 Å². The molecule has 5 aromatic rings. The first-order valence-electron chi connectivity index (χ1n) is 9.24. The number of hydrogen-bond donors (Lipinski definition) is 0. The third-order valence-corrected chi connectivity index (χ3v) is 5.53. The van der Waals surface area contributed by atoms with Gasteiger partial charge in [-0.05, 0) is 24.3 Å². The van der Waals surface area contributed by atoms with E-state index in [0.717, 1.165) is 11.1 Å². The molecule has 0 N–H and O–H groups in total. The molecule has 5 rings (SSSR count). The van der Waals surface area contributed by atoms with Crippen molar-refractivity contribution in [2.24, 2.45) is 0 Å². The van der Waals surface area contributed by atoms with Gasteiger partial charge in [0.25, 0.3) is 11.4 Å². The van der Waals surface area contributed by atoms with Gasteiger partial charge in [-0.3, -0.25) is 13.8 Å². The Balaban J connectivity index is 1.52. The van der Waals surface area contributed by atoms with Crippen LogP contribution in [0.25, 0.3) is 28.1 Å². The van der Waals surface area contributed by atoms with Crippen LogP contribution in [0.2, 0.25) is 0 Å². The van der Waals surface area contributed by atoms with Gasteiger partial charge in [0.1, 0.15) is 0 Å². The second kappa shape index (κ2) is 7.60. The first-order valence-corrected chi connectivity index (χ1v) is 10.2. The number of fused-ring (bicyclic) bond motifs is 3. The van der Waals surface area contributed by atoms with E-state index < -0.39 is 0 Å². The lowest BCUT2D eigenvalue weighted by molar-refractivity contribution is 0.425. The molecule has 9 heteroatoms. The van der Waals surface area contributed by atoms with Crippen molar-refractivity contribution in [3.63, 3.8) is 0 Å². The summed E-state index contributed by atoms with van der Waals surface area (Å²) in [6, 6.07) is 17.0. The highest BCUT2D eigenvalue weighted by atomic mass is 32.2. The minimum Gasteiger partial charge on any atom is -0.334 e. The molecule has 0 aliphatic rings. The fraction of sp³-hybridized carbons (Fsp3) is 0.0952. The average molecular weight is 416 g/mol. The van der Waals surface area contributed by atoms with E-state index in [1.807, 2.05) is 52.9 Å². The molecule has 0 atom stereocenters. The summed E-state index contributed by atoms with van der Waals surface area (Å²) in [5.74, 6) is 1.95. The molecule has 0 fully saturated rings. The van der Waals surface area contributed by atoms with Crippen LogP contribution < -0.4 is 5.56 Å². The second-order valence-corrected chi connectivity index (χ2v) is 7.45. The molecule has 30 heavy (non-hydrogen) atoms. The Morgan fingerprint density at radius 3 is 2.70 bits per heavy atom. The Labute approximate surface area is 174 Å². The van der Waals surface area contributed by atoms with Gasteiger partial charge >= 0.3 is 0 Å². The molecular formula is C21H16N6O2S. The van der Waals surface area contributed by atoms with E-state index >= 15 is 0 Å². The summed E-state index contributed by atoms with van der Waals surface area (Å²) >= 11 is 1.43. The van der Waals surface area contributed by atoms with E-state index in [2.05, 4.69) is 26.9 Å². The Morgan fingerprint density at radius 2 is 1.87 bits per heavy atom. The molecule has 8 nitrogen and oxygen atoms in total. The molecule has 2 aromatic carbocycles. The number of hydrogen-bond acceptors (Lipinski definition) is 7. The van der Waals surface area contributed by atoms with Crippen molar-refractivity contribution in [1.29, 1.82) is 0 Å². The third kappa shape index (κ3) is 3.09. The van der Waals surface area contributed by atoms with Gasteiger partial charge in [0.05, 0.1) is 16.7 Å². The molecule has 0 bridgehead atoms. The highest BCUT2D eigenvalue weighted by molar-refractivity contribution is 7.98. The van der Waals surface area contributed by atoms with Crippen LogP contribution in [-0.4, -0.2) is 29.3 Å². The van der Waals surface area contributed by atoms with Crippen LogP contribution in [0.4, 0.5) is 0 Å². The minimum atomic E-state index is -0.118. The number of allylic oxidation sites excluding steroid dienone is 1. The molecule has 0 unspecified atom stereocenters. The van der Waals surface area contributed by atoms with E-state index in [-0.39, 0.29) is 5.56 Å². The standard InChI is InChI=1S/C21H16N6O2S/c1-2-12-26-19(28)15-10-6-7-11-16(15)27-20(26)23-24-21(27)30-13-17-22-18(29-25-17)14-8-4-3-5-9-14/h2-11H,1,12-13H2. The third-order valence-electron chi connectivity index (χ3n) is 4.61. The fourth-order valence-corrected chi connectivity index (χ4v) is 4.04. The summed E-state index contributed by atoms with van der Waals surface area (Å²) in [6.45, 7) is 4.09. The number of aromatic nitrogens is 6. The average Bonchev–Trinajstić information content (AvgIpc) is 3.43. The van der Waals surface area contributed by atoms with Crippen molar-refractivity contribution in [2.45, 2.75) is 17.5 Å². The van der Waals surface area contributed by atoms with Crippen LogP contribution in [0.1, 0.15) is 5.82 Å². The number of nitrogens with zero attached hydrogens (tertiary/aromatic N) is 6. The summed E-state index contributed by atoms with van der Waals surface area (Å²) in [4.78, 5) is 17.3. The SMILES string of the molecule is C=CCn1c(=O)c2ccccc2n2c(SCc3noc(-c4ccccc4)n3)nnc12. The van der Waals surface area contributed by atoms with E-state index in [9.17, 15) is 4.79 Å². The predicted octanol–water partition coefficient (Wildman–Crippen LogP) is 3.57. The zero-order valence-corrected chi connectivity index (χ0v) is 16.6. The maximum absolute atomic E-state index is 12.9. The Morgan fingerprint density at radius 1 is 1.07 bits per heavy atom. The Hall–Kier alpha value is -3.72. The molecular weight excluding hydrogens is 400 g/mol. The summed E-state index contributed by atoms with van der Waals surface area (Å²) < 4.78 is 8.81. The lowest BCUT2D eigenvalue weighted by Gasteiger charge is -2.09. The molecule has 0 saturated carbocycles. The van der Waals surface area contributed by atoms with Crippen LogP contribution in [-0.2, 0) is 12.3 Å². The van der Waals surface area contributed by atoms with E-state index in [0.29, 0.717) is 40.3 Å². The molecule has 0 amide bonds. The van der Waals surface area contributed by atoms with Gasteiger partial charge in [-0.25, -0.2) is 0 Å². The van der Waals surface area contributed by atoms with Gasteiger partial charge in [-0.2, -0.15) is 4.98 Å². The maximum Gasteiger partial charge on any atom is 0.263 e. The van der Waals surface area contributed by atoms with E-state index in [4.69, 9.17) is 4.52 Å². The molecule has 0 spiro atoms. The van der Waals surface area contributed by atoms with Crippen LogP contribution in [0.5, 0.6) is 0 Å². The van der Waals surface area contributed by atoms with Gasteiger partial charge < -0.3 is 4.52 Å². The predicted molar refractivity (Wildman–Crippen MR) is 114 cm³/mol. The number of thioether (sulfide) groups is 1. The van der Waals surface area contributed by atoms with E-state index in [1.165, 1.54) is 11.8 Å². The molecule has 148 valence electrons. The number of benzene rings is 2. The topological polar surface area (TPSA) is 91.1 Å².